The lowest BCUT2D eigenvalue weighted by molar-refractivity contribution is -0.975. The van der Waals surface area contributed by atoms with Crippen LogP contribution in [0.1, 0.15) is 143 Å². The molecule has 0 fully saturated rings. The first kappa shape index (κ1) is 36.1. The molecule has 38 heavy (non-hydrogen) atoms. The van der Waals surface area contributed by atoms with Gasteiger partial charge in [0, 0.05) is 19.3 Å². The molecule has 0 spiro atoms. The van der Waals surface area contributed by atoms with Gasteiger partial charge in [0.25, 0.3) is 0 Å². The van der Waals surface area contributed by atoms with Crippen molar-refractivity contribution < 1.29 is 34.2 Å². The Morgan fingerprint density at radius 2 is 1.00 bits per heavy atom. The van der Waals surface area contributed by atoms with Crippen molar-refractivity contribution in [2.24, 2.45) is 0 Å². The normalized spacial score (nSPS) is 15.7. The number of quaternary nitrogens is 1. The second kappa shape index (κ2) is 22.0. The molecule has 3 atom stereocenters. The Balaban J connectivity index is 5.36. The fourth-order valence-electron chi connectivity index (χ4n) is 5.91. The second-order valence-corrected chi connectivity index (χ2v) is 10.9. The van der Waals surface area contributed by atoms with E-state index < -0.39 is 40.5 Å². The molecule has 7 nitrogen and oxygen atoms in total. The summed E-state index contributed by atoms with van der Waals surface area (Å²) < 4.78 is -0.439. The highest BCUT2D eigenvalue weighted by Gasteiger charge is 2.54. The lowest BCUT2D eigenvalue weighted by Crippen LogP contribution is -2.74. The molecule has 0 aliphatic rings. The van der Waals surface area contributed by atoms with Crippen molar-refractivity contribution in [1.82, 2.24) is 0 Å². The van der Waals surface area contributed by atoms with E-state index in [0.717, 1.165) is 44.9 Å². The van der Waals surface area contributed by atoms with Crippen molar-refractivity contribution >= 4 is 17.9 Å². The molecule has 3 unspecified atom stereocenters. The first-order valence-electron chi connectivity index (χ1n) is 15.4. The maximum Gasteiger partial charge on any atom is 0.362 e. The predicted octanol–water partition coefficient (Wildman–Crippen LogP) is 6.49. The van der Waals surface area contributed by atoms with E-state index in [-0.39, 0.29) is 25.8 Å². The molecule has 0 radical (unpaired) electrons. The minimum absolute atomic E-state index is 0.204. The topological polar surface area (TPSA) is 115 Å². The van der Waals surface area contributed by atoms with Crippen LogP contribution in [-0.4, -0.2) is 57.3 Å². The van der Waals surface area contributed by atoms with E-state index in [1.807, 2.05) is 20.8 Å². The van der Waals surface area contributed by atoms with Gasteiger partial charge in [-0.1, -0.05) is 84.8 Å². The van der Waals surface area contributed by atoms with Gasteiger partial charge in [0.2, 0.25) is 0 Å². The van der Waals surface area contributed by atoms with Gasteiger partial charge in [0.05, 0.1) is 12.5 Å². The van der Waals surface area contributed by atoms with E-state index in [2.05, 4.69) is 19.1 Å². The molecule has 0 amide bonds. The molecule has 0 rings (SSSR count). The van der Waals surface area contributed by atoms with Gasteiger partial charge in [-0.15, -0.1) is 0 Å². The van der Waals surface area contributed by atoms with Crippen LogP contribution in [0.2, 0.25) is 0 Å². The highest BCUT2D eigenvalue weighted by atomic mass is 16.4. The number of carbonyl (C=O) groups excluding carboxylic acids is 1. The summed E-state index contributed by atoms with van der Waals surface area (Å²) in [5.41, 5.74) is 0. The van der Waals surface area contributed by atoms with Crippen LogP contribution >= 0.6 is 0 Å². The van der Waals surface area contributed by atoms with Crippen LogP contribution in [0.4, 0.5) is 0 Å². The highest BCUT2D eigenvalue weighted by Crippen LogP contribution is 2.34. The smallest absolute Gasteiger partial charge is 0.362 e. The fraction of sp³-hybridized carbons (Fsp3) is 0.839. The zero-order valence-corrected chi connectivity index (χ0v) is 24.8. The zero-order valence-electron chi connectivity index (χ0n) is 24.8. The van der Waals surface area contributed by atoms with Crippen molar-refractivity contribution in [2.45, 2.75) is 161 Å². The molecular weight excluding hydrogens is 482 g/mol. The van der Waals surface area contributed by atoms with Crippen LogP contribution < -0.4 is 5.11 Å². The Morgan fingerprint density at radius 1 is 0.605 bits per heavy atom. The molecule has 0 aromatic rings. The van der Waals surface area contributed by atoms with Crippen molar-refractivity contribution in [3.05, 3.63) is 12.2 Å². The van der Waals surface area contributed by atoms with Gasteiger partial charge in [-0.05, 0) is 51.4 Å². The molecule has 7 heteroatoms. The minimum Gasteiger partial charge on any atom is -0.544 e. The summed E-state index contributed by atoms with van der Waals surface area (Å²) in [6.45, 7) is 8.01. The number of carboxylic acid groups (broad SMARTS) is 3. The first-order chi connectivity index (χ1) is 18.2. The van der Waals surface area contributed by atoms with Crippen LogP contribution in [-0.2, 0) is 14.4 Å². The predicted molar refractivity (Wildman–Crippen MR) is 152 cm³/mol. The molecule has 222 valence electrons. The number of nitrogens with zero attached hydrogens (tertiary/aromatic N) is 1. The summed E-state index contributed by atoms with van der Waals surface area (Å²) in [6, 6.07) is -3.33. The van der Waals surface area contributed by atoms with E-state index in [0.29, 0.717) is 25.7 Å². The molecule has 0 saturated carbocycles. The van der Waals surface area contributed by atoms with Crippen molar-refractivity contribution in [3.63, 3.8) is 0 Å². The number of allylic oxidation sites excluding steroid dienone is 2. The van der Waals surface area contributed by atoms with Crippen LogP contribution in [0.5, 0.6) is 0 Å². The zero-order chi connectivity index (χ0) is 28.8. The average molecular weight is 540 g/mol. The third-order valence-corrected chi connectivity index (χ3v) is 7.83. The van der Waals surface area contributed by atoms with Crippen molar-refractivity contribution in [2.75, 3.05) is 6.54 Å². The summed E-state index contributed by atoms with van der Waals surface area (Å²) in [7, 11) is 0. The molecule has 0 heterocycles. The Morgan fingerprint density at radius 3 is 1.39 bits per heavy atom. The standard InChI is InChI=1S/C31H57NO6/c1-5-9-10-11-12-13-14-15-16-17-18-19-20-21-25-32(26(22-6-2)29(33)34,27(23-7-3)30(35)36)28(24-8-4)31(37)38/h13-14,26-28H,5-12,15-25H2,1-4H3,(H2-,33,34,35,36,37,38)/b14-13+. The van der Waals surface area contributed by atoms with E-state index in [4.69, 9.17) is 0 Å². The summed E-state index contributed by atoms with van der Waals surface area (Å²) >= 11 is 0. The number of hydrogen-bond donors (Lipinski definition) is 2. The van der Waals surface area contributed by atoms with Gasteiger partial charge in [-0.2, -0.15) is 0 Å². The quantitative estimate of drug-likeness (QED) is 0.0738. The van der Waals surface area contributed by atoms with Crippen LogP contribution in [0, 0.1) is 0 Å². The van der Waals surface area contributed by atoms with Crippen molar-refractivity contribution in [3.8, 4) is 0 Å². The lowest BCUT2D eigenvalue weighted by atomic mass is 9.91. The molecule has 0 aliphatic carbocycles. The SMILES string of the molecule is CCCCCC/C=C/CCCCCCCC[N+](C(CCC)C(=O)[O-])(C(CCC)C(=O)O)C(CCC)C(=O)O. The number of rotatable bonds is 26. The minimum atomic E-state index is -1.34. The second-order valence-electron chi connectivity index (χ2n) is 10.9. The molecule has 0 saturated heterocycles. The molecular formula is C31H57NO6. The van der Waals surface area contributed by atoms with Gasteiger partial charge < -0.3 is 20.1 Å². The first-order valence-corrected chi connectivity index (χ1v) is 15.4. The molecule has 0 bridgehead atoms. The highest BCUT2D eigenvalue weighted by molar-refractivity contribution is 5.77. The molecule has 2 N–H and O–H groups in total. The Labute approximate surface area is 232 Å². The van der Waals surface area contributed by atoms with Gasteiger partial charge >= 0.3 is 11.9 Å². The van der Waals surface area contributed by atoms with E-state index in [1.54, 1.807) is 0 Å². The third kappa shape index (κ3) is 12.8. The number of unbranched alkanes of at least 4 members (excludes halogenated alkanes) is 10. The van der Waals surface area contributed by atoms with E-state index in [1.165, 1.54) is 25.7 Å². The fourth-order valence-corrected chi connectivity index (χ4v) is 5.91. The Hall–Kier alpha value is -1.89. The van der Waals surface area contributed by atoms with E-state index >= 15 is 0 Å². The van der Waals surface area contributed by atoms with Crippen LogP contribution in [0.25, 0.3) is 0 Å². The van der Waals surface area contributed by atoms with Crippen LogP contribution in [0.3, 0.4) is 0 Å². The van der Waals surface area contributed by atoms with Gasteiger partial charge in [0.1, 0.15) is 6.04 Å². The lowest BCUT2D eigenvalue weighted by Gasteiger charge is -2.52. The maximum absolute atomic E-state index is 12.5. The number of hydrogen-bond acceptors (Lipinski definition) is 4. The summed E-state index contributed by atoms with van der Waals surface area (Å²) in [4.78, 5) is 37.5. The van der Waals surface area contributed by atoms with E-state index in [9.17, 15) is 29.7 Å². The van der Waals surface area contributed by atoms with Gasteiger partial charge in [0.15, 0.2) is 12.1 Å². The largest absolute Gasteiger partial charge is 0.544 e. The number of aliphatic carboxylic acids is 3. The summed E-state index contributed by atoms with van der Waals surface area (Å²) in [5.74, 6) is -3.57. The maximum atomic E-state index is 12.5. The number of carboxylic acids is 3. The Bertz CT molecular complexity index is 617. The molecule has 0 aliphatic heterocycles. The molecule has 0 aromatic heterocycles. The van der Waals surface area contributed by atoms with Crippen LogP contribution in [0.15, 0.2) is 12.2 Å². The average Bonchev–Trinajstić information content (AvgIpc) is 2.87. The van der Waals surface area contributed by atoms with Crippen molar-refractivity contribution in [1.29, 1.82) is 0 Å². The molecule has 0 aromatic carbocycles. The Kier molecular flexibility index (Phi) is 20.9. The monoisotopic (exact) mass is 539 g/mol. The van der Waals surface area contributed by atoms with Gasteiger partial charge in [-0.3, -0.25) is 4.48 Å². The summed E-state index contributed by atoms with van der Waals surface area (Å²) in [5, 5.41) is 32.9. The summed E-state index contributed by atoms with van der Waals surface area (Å²) in [6.07, 6.45) is 20.0. The third-order valence-electron chi connectivity index (χ3n) is 7.83. The number of carbonyl (C=O) groups is 3. The van der Waals surface area contributed by atoms with Gasteiger partial charge in [-0.25, -0.2) is 9.59 Å².